The second-order valence-corrected chi connectivity index (χ2v) is 6.73. The minimum atomic E-state index is -0.479. The first kappa shape index (κ1) is 15.4. The third-order valence-corrected chi connectivity index (χ3v) is 5.17. The molecule has 0 saturated heterocycles. The summed E-state index contributed by atoms with van der Waals surface area (Å²) < 4.78 is 0. The largest absolute Gasteiger partial charge is 0.276 e. The average Bonchev–Trinajstić information content (AvgIpc) is 2.45. The summed E-state index contributed by atoms with van der Waals surface area (Å²) in [5.74, 6) is 0. The van der Waals surface area contributed by atoms with Crippen molar-refractivity contribution in [2.45, 2.75) is 9.79 Å². The first-order chi connectivity index (χ1) is 9.56. The number of carbonyl (C=O) groups excluding carboxylic acids is 2. The molecule has 0 saturated carbocycles. The van der Waals surface area contributed by atoms with Crippen LogP contribution >= 0.6 is 44.8 Å². The van der Waals surface area contributed by atoms with Crippen molar-refractivity contribution in [3.05, 3.63) is 59.7 Å². The van der Waals surface area contributed by atoms with Crippen LogP contribution in [0.2, 0.25) is 0 Å². The Morgan fingerprint density at radius 2 is 1.15 bits per heavy atom. The molecule has 0 aliphatic heterocycles. The Labute approximate surface area is 134 Å². The van der Waals surface area contributed by atoms with Gasteiger partial charge in [0.2, 0.25) is 0 Å². The zero-order valence-electron chi connectivity index (χ0n) is 10.0. The van der Waals surface area contributed by atoms with E-state index < -0.39 is 10.5 Å². The van der Waals surface area contributed by atoms with Gasteiger partial charge >= 0.3 is 0 Å². The van der Waals surface area contributed by atoms with Crippen molar-refractivity contribution >= 4 is 55.3 Å². The van der Waals surface area contributed by atoms with Crippen LogP contribution in [0.5, 0.6) is 0 Å². The van der Waals surface area contributed by atoms with Crippen molar-refractivity contribution < 1.29 is 9.59 Å². The Balaban J connectivity index is 2.08. The fourth-order valence-corrected chi connectivity index (χ4v) is 3.68. The first-order valence-electron chi connectivity index (χ1n) is 5.50. The minimum absolute atomic E-state index is 0.460. The van der Waals surface area contributed by atoms with Crippen LogP contribution in [0.4, 0.5) is 0 Å². The molecule has 102 valence electrons. The quantitative estimate of drug-likeness (QED) is 0.549. The number of carbonyl (C=O) groups is 2. The molecule has 0 aliphatic rings. The van der Waals surface area contributed by atoms with Crippen LogP contribution in [0, 0.1) is 0 Å². The van der Waals surface area contributed by atoms with E-state index in [1.165, 1.54) is 21.6 Å². The van der Waals surface area contributed by atoms with Gasteiger partial charge in [-0.15, -0.1) is 0 Å². The molecule has 20 heavy (non-hydrogen) atoms. The number of hydrogen-bond acceptors (Lipinski definition) is 4. The molecule has 0 amide bonds. The van der Waals surface area contributed by atoms with Gasteiger partial charge in [-0.2, -0.15) is 0 Å². The fraction of sp³-hybridized carbons (Fsp3) is 0. The van der Waals surface area contributed by atoms with Crippen molar-refractivity contribution in [3.63, 3.8) is 0 Å². The lowest BCUT2D eigenvalue weighted by molar-refractivity contribution is 0.107. The van der Waals surface area contributed by atoms with Crippen molar-refractivity contribution in [1.29, 1.82) is 0 Å². The molecule has 0 bridgehead atoms. The van der Waals surface area contributed by atoms with Crippen LogP contribution in [0.25, 0.3) is 0 Å². The van der Waals surface area contributed by atoms with E-state index in [1.807, 2.05) is 12.1 Å². The molecule has 2 aromatic carbocycles. The Morgan fingerprint density at radius 3 is 1.50 bits per heavy atom. The van der Waals surface area contributed by atoms with Gasteiger partial charge in [-0.05, 0) is 47.5 Å². The number of rotatable bonds is 5. The SMILES string of the molecule is O=C(Cl)c1cccc(SSc2cccc(C(=O)Cl)c2)c1. The van der Waals surface area contributed by atoms with E-state index in [0.717, 1.165) is 9.79 Å². The highest BCUT2D eigenvalue weighted by molar-refractivity contribution is 8.76. The van der Waals surface area contributed by atoms with E-state index in [-0.39, 0.29) is 0 Å². The number of halogens is 2. The Bertz CT molecular complexity index is 602. The molecule has 0 spiro atoms. The summed E-state index contributed by atoms with van der Waals surface area (Å²) in [5, 5.41) is -0.959. The standard InChI is InChI=1S/C14H8Cl2O2S2/c15-13(17)9-3-1-5-11(7-9)19-20-12-6-2-4-10(8-12)14(16)18/h1-8H. The second-order valence-electron chi connectivity index (χ2n) is 3.77. The van der Waals surface area contributed by atoms with Crippen molar-refractivity contribution in [2.24, 2.45) is 0 Å². The van der Waals surface area contributed by atoms with Gasteiger partial charge in [0.15, 0.2) is 0 Å². The van der Waals surface area contributed by atoms with Crippen LogP contribution in [0.1, 0.15) is 20.7 Å². The van der Waals surface area contributed by atoms with Crippen molar-refractivity contribution in [1.82, 2.24) is 0 Å². The minimum Gasteiger partial charge on any atom is -0.276 e. The summed E-state index contributed by atoms with van der Waals surface area (Å²) in [6, 6.07) is 14.1. The van der Waals surface area contributed by atoms with Crippen LogP contribution in [0.15, 0.2) is 58.3 Å². The predicted molar refractivity (Wildman–Crippen MR) is 85.0 cm³/mol. The molecule has 0 aromatic heterocycles. The van der Waals surface area contributed by atoms with E-state index in [1.54, 1.807) is 36.4 Å². The van der Waals surface area contributed by atoms with Gasteiger partial charge < -0.3 is 0 Å². The van der Waals surface area contributed by atoms with E-state index in [2.05, 4.69) is 0 Å². The van der Waals surface area contributed by atoms with Crippen LogP contribution < -0.4 is 0 Å². The second kappa shape index (κ2) is 7.18. The van der Waals surface area contributed by atoms with Gasteiger partial charge in [0.05, 0.1) is 0 Å². The Morgan fingerprint density at radius 1 is 0.750 bits per heavy atom. The molecule has 0 unspecified atom stereocenters. The zero-order valence-corrected chi connectivity index (χ0v) is 13.2. The molecule has 0 N–H and O–H groups in total. The summed E-state index contributed by atoms with van der Waals surface area (Å²) in [6.07, 6.45) is 0. The summed E-state index contributed by atoms with van der Waals surface area (Å²) >= 11 is 10.9. The third kappa shape index (κ3) is 4.28. The first-order valence-corrected chi connectivity index (χ1v) is 8.41. The molecular weight excluding hydrogens is 335 g/mol. The Kier molecular flexibility index (Phi) is 5.54. The van der Waals surface area contributed by atoms with Crippen LogP contribution in [0.3, 0.4) is 0 Å². The van der Waals surface area contributed by atoms with E-state index in [4.69, 9.17) is 23.2 Å². The lowest BCUT2D eigenvalue weighted by Crippen LogP contribution is -1.88. The fourth-order valence-electron chi connectivity index (χ4n) is 1.44. The maximum absolute atomic E-state index is 11.1. The molecule has 2 nitrogen and oxygen atoms in total. The third-order valence-electron chi connectivity index (χ3n) is 2.36. The molecule has 0 heterocycles. The maximum Gasteiger partial charge on any atom is 0.252 e. The van der Waals surface area contributed by atoms with Gasteiger partial charge in [0.1, 0.15) is 0 Å². The molecule has 2 aromatic rings. The summed E-state index contributed by atoms with van der Waals surface area (Å²) in [6.45, 7) is 0. The van der Waals surface area contributed by atoms with Gasteiger partial charge in [-0.1, -0.05) is 45.9 Å². The highest BCUT2D eigenvalue weighted by Crippen LogP contribution is 2.38. The normalized spacial score (nSPS) is 10.3. The van der Waals surface area contributed by atoms with E-state index in [0.29, 0.717) is 11.1 Å². The van der Waals surface area contributed by atoms with Gasteiger partial charge in [0.25, 0.3) is 10.5 Å². The summed E-state index contributed by atoms with van der Waals surface area (Å²) in [5.41, 5.74) is 0.920. The average molecular weight is 343 g/mol. The maximum atomic E-state index is 11.1. The number of benzene rings is 2. The smallest absolute Gasteiger partial charge is 0.252 e. The molecule has 6 heteroatoms. The van der Waals surface area contributed by atoms with Crippen LogP contribution in [-0.2, 0) is 0 Å². The highest BCUT2D eigenvalue weighted by atomic mass is 35.5. The molecular formula is C14H8Cl2O2S2. The van der Waals surface area contributed by atoms with E-state index >= 15 is 0 Å². The van der Waals surface area contributed by atoms with Crippen LogP contribution in [-0.4, -0.2) is 10.5 Å². The molecule has 0 fully saturated rings. The molecule has 0 aliphatic carbocycles. The molecule has 0 atom stereocenters. The Hall–Kier alpha value is -0.940. The van der Waals surface area contributed by atoms with E-state index in [9.17, 15) is 9.59 Å². The summed E-state index contributed by atoms with van der Waals surface area (Å²) in [4.78, 5) is 24.0. The zero-order chi connectivity index (χ0) is 14.5. The predicted octanol–water partition coefficient (Wildman–Crippen LogP) is 5.24. The van der Waals surface area contributed by atoms with Gasteiger partial charge in [0, 0.05) is 20.9 Å². The number of hydrogen-bond donors (Lipinski definition) is 0. The van der Waals surface area contributed by atoms with Crippen molar-refractivity contribution in [2.75, 3.05) is 0 Å². The molecule has 2 rings (SSSR count). The van der Waals surface area contributed by atoms with Crippen molar-refractivity contribution in [3.8, 4) is 0 Å². The monoisotopic (exact) mass is 342 g/mol. The molecule has 0 radical (unpaired) electrons. The van der Waals surface area contributed by atoms with Gasteiger partial charge in [-0.25, -0.2) is 0 Å². The van der Waals surface area contributed by atoms with Gasteiger partial charge in [-0.3, -0.25) is 9.59 Å². The lowest BCUT2D eigenvalue weighted by Gasteiger charge is -2.03. The highest BCUT2D eigenvalue weighted by Gasteiger charge is 2.06. The lowest BCUT2D eigenvalue weighted by atomic mass is 10.2. The topological polar surface area (TPSA) is 34.1 Å². The summed E-state index contributed by atoms with van der Waals surface area (Å²) in [7, 11) is 2.95.